The van der Waals surface area contributed by atoms with E-state index in [9.17, 15) is 17.6 Å². The molecular formula is C17H12FNO5S3. The van der Waals surface area contributed by atoms with Crippen molar-refractivity contribution in [2.75, 3.05) is 7.11 Å². The fourth-order valence-corrected chi connectivity index (χ4v) is 4.17. The van der Waals surface area contributed by atoms with Crippen LogP contribution >= 0.6 is 24.0 Å². The van der Waals surface area contributed by atoms with Gasteiger partial charge in [-0.3, -0.25) is 4.79 Å². The van der Waals surface area contributed by atoms with Gasteiger partial charge in [-0.05, 0) is 48.0 Å². The van der Waals surface area contributed by atoms with E-state index in [-0.39, 0.29) is 22.3 Å². The average molecular weight is 425 g/mol. The molecule has 0 bridgehead atoms. The number of thiocarbonyl (C=S) groups is 1. The molecule has 1 saturated heterocycles. The summed E-state index contributed by atoms with van der Waals surface area (Å²) in [7, 11) is -2.80. The lowest BCUT2D eigenvalue weighted by Crippen LogP contribution is -2.17. The Morgan fingerprint density at radius 3 is 2.44 bits per heavy atom. The highest BCUT2D eigenvalue weighted by Crippen LogP contribution is 2.33. The summed E-state index contributed by atoms with van der Waals surface area (Å²) < 4.78 is 48.3. The number of nitrogens with one attached hydrogen (secondary N) is 1. The smallest absolute Gasteiger partial charge is 0.339 e. The van der Waals surface area contributed by atoms with Gasteiger partial charge < -0.3 is 14.2 Å². The number of methoxy groups -OCH3 is 1. The van der Waals surface area contributed by atoms with E-state index in [0.29, 0.717) is 14.8 Å². The van der Waals surface area contributed by atoms with E-state index in [4.69, 9.17) is 21.1 Å². The molecule has 1 aliphatic rings. The number of benzene rings is 2. The van der Waals surface area contributed by atoms with Crippen LogP contribution in [0.3, 0.4) is 0 Å². The Bertz CT molecular complexity index is 1050. The maximum atomic E-state index is 13.0. The first-order valence-electron chi connectivity index (χ1n) is 7.41. The Morgan fingerprint density at radius 1 is 1.15 bits per heavy atom. The van der Waals surface area contributed by atoms with Crippen LogP contribution in [0.15, 0.2) is 52.3 Å². The van der Waals surface area contributed by atoms with Crippen molar-refractivity contribution in [3.05, 3.63) is 58.8 Å². The maximum Gasteiger partial charge on any atom is 0.339 e. The van der Waals surface area contributed by atoms with Crippen molar-refractivity contribution >= 4 is 50.4 Å². The summed E-state index contributed by atoms with van der Waals surface area (Å²) in [6.07, 6.45) is 1.60. The van der Waals surface area contributed by atoms with E-state index < -0.39 is 15.9 Å². The second-order valence-corrected chi connectivity index (χ2v) is 8.52. The molecular weight excluding hydrogens is 413 g/mol. The van der Waals surface area contributed by atoms with Crippen LogP contribution in [0.4, 0.5) is 4.39 Å². The minimum atomic E-state index is -4.16. The molecule has 1 aliphatic heterocycles. The third kappa shape index (κ3) is 4.46. The number of amides is 1. The second-order valence-electron chi connectivity index (χ2n) is 5.25. The summed E-state index contributed by atoms with van der Waals surface area (Å²) in [6, 6.07) is 8.76. The fraction of sp³-hybridized carbons (Fsp3) is 0.0588. The second kappa shape index (κ2) is 7.67. The zero-order chi connectivity index (χ0) is 19.6. The van der Waals surface area contributed by atoms with E-state index in [0.717, 1.165) is 36.0 Å². The van der Waals surface area contributed by atoms with E-state index >= 15 is 0 Å². The molecule has 3 rings (SSSR count). The predicted molar refractivity (Wildman–Crippen MR) is 104 cm³/mol. The van der Waals surface area contributed by atoms with Crippen molar-refractivity contribution in [2.45, 2.75) is 4.90 Å². The summed E-state index contributed by atoms with van der Waals surface area (Å²) in [4.78, 5) is 12.0. The Kier molecular flexibility index (Phi) is 5.49. The third-order valence-corrected chi connectivity index (χ3v) is 5.84. The van der Waals surface area contributed by atoms with Crippen LogP contribution in [0, 0.1) is 5.82 Å². The fourth-order valence-electron chi connectivity index (χ4n) is 2.18. The molecule has 2 aromatic carbocycles. The first kappa shape index (κ1) is 19.3. The normalized spacial score (nSPS) is 15.7. The first-order valence-corrected chi connectivity index (χ1v) is 10.0. The first-order chi connectivity index (χ1) is 12.8. The molecule has 0 unspecified atom stereocenters. The Morgan fingerprint density at radius 2 is 1.85 bits per heavy atom. The topological polar surface area (TPSA) is 81.7 Å². The number of rotatable bonds is 5. The van der Waals surface area contributed by atoms with Crippen molar-refractivity contribution in [1.82, 2.24) is 5.32 Å². The van der Waals surface area contributed by atoms with Gasteiger partial charge in [0.25, 0.3) is 5.91 Å². The molecule has 10 heteroatoms. The lowest BCUT2D eigenvalue weighted by atomic mass is 10.2. The number of hydrogen-bond donors (Lipinski definition) is 1. The summed E-state index contributed by atoms with van der Waals surface area (Å²) in [5.74, 6) is -0.746. The predicted octanol–water partition coefficient (Wildman–Crippen LogP) is 3.09. The minimum absolute atomic E-state index is 0.0389. The van der Waals surface area contributed by atoms with Gasteiger partial charge in [0.2, 0.25) is 0 Å². The molecule has 2 aromatic rings. The quantitative estimate of drug-likeness (QED) is 0.448. The van der Waals surface area contributed by atoms with E-state index in [1.807, 2.05) is 0 Å². The Balaban J connectivity index is 1.89. The largest absolute Gasteiger partial charge is 0.493 e. The molecule has 1 N–H and O–H groups in total. The minimum Gasteiger partial charge on any atom is -0.493 e. The lowest BCUT2D eigenvalue weighted by Gasteiger charge is -2.11. The molecule has 0 aliphatic carbocycles. The van der Waals surface area contributed by atoms with E-state index in [1.165, 1.54) is 19.2 Å². The number of carbonyl (C=O) groups excluding carboxylic acids is 1. The van der Waals surface area contributed by atoms with Gasteiger partial charge in [-0.1, -0.05) is 30.0 Å². The molecule has 6 nitrogen and oxygen atoms in total. The molecule has 0 atom stereocenters. The van der Waals surface area contributed by atoms with Crippen LogP contribution in [0.5, 0.6) is 11.5 Å². The monoisotopic (exact) mass is 425 g/mol. The van der Waals surface area contributed by atoms with Crippen LogP contribution in [0.2, 0.25) is 0 Å². The number of ether oxygens (including phenoxy) is 1. The molecule has 140 valence electrons. The van der Waals surface area contributed by atoms with Crippen LogP contribution in [0.1, 0.15) is 5.56 Å². The number of halogens is 1. The molecule has 1 heterocycles. The van der Waals surface area contributed by atoms with Crippen LogP contribution < -0.4 is 14.2 Å². The van der Waals surface area contributed by atoms with Crippen molar-refractivity contribution < 1.29 is 26.5 Å². The molecule has 1 fully saturated rings. The van der Waals surface area contributed by atoms with Gasteiger partial charge in [0.05, 0.1) is 12.0 Å². The molecule has 0 spiro atoms. The molecule has 1 amide bonds. The summed E-state index contributed by atoms with van der Waals surface area (Å²) in [6.45, 7) is 0. The lowest BCUT2D eigenvalue weighted by molar-refractivity contribution is -0.115. The highest BCUT2D eigenvalue weighted by molar-refractivity contribution is 8.26. The molecule has 0 aromatic heterocycles. The van der Waals surface area contributed by atoms with Gasteiger partial charge >= 0.3 is 10.1 Å². The van der Waals surface area contributed by atoms with Gasteiger partial charge in [0.1, 0.15) is 15.0 Å². The number of carbonyl (C=O) groups is 1. The molecule has 27 heavy (non-hydrogen) atoms. The van der Waals surface area contributed by atoms with Gasteiger partial charge in [0, 0.05) is 0 Å². The maximum absolute atomic E-state index is 13.0. The molecule has 0 radical (unpaired) electrons. The SMILES string of the molecule is COc1cc(C=C2SC(=S)NC2=O)ccc1OS(=O)(=O)c1ccc(F)cc1. The zero-order valence-electron chi connectivity index (χ0n) is 13.8. The Labute approximate surface area is 164 Å². The summed E-state index contributed by atoms with van der Waals surface area (Å²) in [5.41, 5.74) is 0.598. The Hall–Kier alpha value is -2.43. The number of thioether (sulfide) groups is 1. The van der Waals surface area contributed by atoms with E-state index in [1.54, 1.807) is 12.1 Å². The van der Waals surface area contributed by atoms with Gasteiger partial charge in [0.15, 0.2) is 11.5 Å². The molecule has 0 saturated carbocycles. The van der Waals surface area contributed by atoms with E-state index in [2.05, 4.69) is 5.32 Å². The van der Waals surface area contributed by atoms with Gasteiger partial charge in [-0.15, -0.1) is 0 Å². The van der Waals surface area contributed by atoms with Crippen molar-refractivity contribution in [2.24, 2.45) is 0 Å². The van der Waals surface area contributed by atoms with Crippen molar-refractivity contribution in [3.63, 3.8) is 0 Å². The highest BCUT2D eigenvalue weighted by Gasteiger charge is 2.23. The number of hydrogen-bond acceptors (Lipinski definition) is 7. The third-order valence-electron chi connectivity index (χ3n) is 3.43. The summed E-state index contributed by atoms with van der Waals surface area (Å²) in [5, 5.41) is 2.51. The van der Waals surface area contributed by atoms with Gasteiger partial charge in [-0.2, -0.15) is 8.42 Å². The highest BCUT2D eigenvalue weighted by atomic mass is 32.2. The van der Waals surface area contributed by atoms with Crippen LogP contribution in [-0.4, -0.2) is 25.8 Å². The standard InChI is InChI=1S/C17H12FNO5S3/c1-23-14-8-10(9-15-16(20)19-17(25)26-15)2-7-13(14)24-27(21,22)12-5-3-11(18)4-6-12/h2-9H,1H3,(H,19,20,25). The van der Waals surface area contributed by atoms with Crippen LogP contribution in [0.25, 0.3) is 6.08 Å². The summed E-state index contributed by atoms with van der Waals surface area (Å²) >= 11 is 6.06. The van der Waals surface area contributed by atoms with Gasteiger partial charge in [-0.25, -0.2) is 4.39 Å². The zero-order valence-corrected chi connectivity index (χ0v) is 16.2. The van der Waals surface area contributed by atoms with Crippen molar-refractivity contribution in [3.8, 4) is 11.5 Å². The van der Waals surface area contributed by atoms with Crippen molar-refractivity contribution in [1.29, 1.82) is 0 Å². The average Bonchev–Trinajstić information content (AvgIpc) is 2.93. The van der Waals surface area contributed by atoms with Crippen LogP contribution in [-0.2, 0) is 14.9 Å².